The second kappa shape index (κ2) is 7.06. The number of carbonyl (C=O) groups excluding carboxylic acids is 1. The fraction of sp³-hybridized carbons (Fsp3) is 0.304. The molecule has 4 nitrogen and oxygen atoms in total. The lowest BCUT2D eigenvalue weighted by Gasteiger charge is -2.31. The van der Waals surface area contributed by atoms with E-state index in [1.54, 1.807) is 0 Å². The van der Waals surface area contributed by atoms with Gasteiger partial charge in [0.25, 0.3) is 0 Å². The van der Waals surface area contributed by atoms with Crippen LogP contribution in [0.5, 0.6) is 0 Å². The molecule has 0 saturated heterocycles. The molecule has 0 bridgehead atoms. The molecule has 2 heterocycles. The highest BCUT2D eigenvalue weighted by Crippen LogP contribution is 2.33. The maximum atomic E-state index is 12.6. The number of hydrogen-bond acceptors (Lipinski definition) is 3. The van der Waals surface area contributed by atoms with Gasteiger partial charge < -0.3 is 14.2 Å². The van der Waals surface area contributed by atoms with E-state index in [4.69, 9.17) is 17.0 Å². The Kier molecular flexibility index (Phi) is 4.71. The smallest absolute Gasteiger partial charge is 0.326 e. The number of nitrogens with zero attached hydrogens (tertiary/aromatic N) is 2. The molecule has 0 amide bonds. The van der Waals surface area contributed by atoms with Gasteiger partial charge in [-0.3, -0.25) is 4.79 Å². The number of carbonyl (C=O) groups is 1. The predicted molar refractivity (Wildman–Crippen MR) is 117 cm³/mol. The third-order valence-corrected chi connectivity index (χ3v) is 5.30. The van der Waals surface area contributed by atoms with Gasteiger partial charge in [0, 0.05) is 23.1 Å². The lowest BCUT2D eigenvalue weighted by molar-refractivity contribution is -0.155. The third-order valence-electron chi connectivity index (χ3n) is 4.88. The van der Waals surface area contributed by atoms with Crippen molar-refractivity contribution in [2.24, 2.45) is 0 Å². The SMILES string of the molecule is CC(C)(C)OC(=O)Cn1c2c(c3ccccc31)CCN(c1ccccc1)C2=S. The van der Waals surface area contributed by atoms with E-state index in [0.717, 1.165) is 40.2 Å². The molecule has 0 radical (unpaired) electrons. The first-order valence-electron chi connectivity index (χ1n) is 9.54. The van der Waals surface area contributed by atoms with E-state index in [1.165, 1.54) is 5.56 Å². The van der Waals surface area contributed by atoms with Crippen LogP contribution in [0.15, 0.2) is 54.6 Å². The third kappa shape index (κ3) is 3.42. The van der Waals surface area contributed by atoms with Crippen LogP contribution in [0.3, 0.4) is 0 Å². The summed E-state index contributed by atoms with van der Waals surface area (Å²) in [7, 11) is 0. The Morgan fingerprint density at radius 1 is 1.07 bits per heavy atom. The number of hydrogen-bond donors (Lipinski definition) is 0. The van der Waals surface area contributed by atoms with Gasteiger partial charge in [-0.15, -0.1) is 0 Å². The fourth-order valence-corrected chi connectivity index (χ4v) is 4.28. The zero-order valence-electron chi connectivity index (χ0n) is 16.4. The minimum absolute atomic E-state index is 0.149. The monoisotopic (exact) mass is 392 g/mol. The average molecular weight is 393 g/mol. The van der Waals surface area contributed by atoms with Crippen molar-refractivity contribution in [1.82, 2.24) is 4.57 Å². The molecule has 1 aromatic heterocycles. The van der Waals surface area contributed by atoms with Crippen molar-refractivity contribution < 1.29 is 9.53 Å². The summed E-state index contributed by atoms with van der Waals surface area (Å²) in [4.78, 5) is 15.5. The van der Waals surface area contributed by atoms with Gasteiger partial charge in [-0.25, -0.2) is 0 Å². The van der Waals surface area contributed by atoms with Crippen LogP contribution in [0.25, 0.3) is 10.9 Å². The Morgan fingerprint density at radius 2 is 1.75 bits per heavy atom. The number of benzene rings is 2. The van der Waals surface area contributed by atoms with Crippen LogP contribution in [0, 0.1) is 0 Å². The van der Waals surface area contributed by atoms with Crippen LogP contribution in [0.1, 0.15) is 32.0 Å². The largest absolute Gasteiger partial charge is 0.459 e. The van der Waals surface area contributed by atoms with Crippen LogP contribution < -0.4 is 4.90 Å². The van der Waals surface area contributed by atoms with Crippen LogP contribution in [-0.4, -0.2) is 27.7 Å². The van der Waals surface area contributed by atoms with Crippen molar-refractivity contribution >= 4 is 39.8 Å². The summed E-state index contributed by atoms with van der Waals surface area (Å²) >= 11 is 5.91. The highest BCUT2D eigenvalue weighted by molar-refractivity contribution is 7.81. The number of fused-ring (bicyclic) bond motifs is 3. The lowest BCUT2D eigenvalue weighted by Crippen LogP contribution is -2.38. The molecule has 28 heavy (non-hydrogen) atoms. The Morgan fingerprint density at radius 3 is 2.46 bits per heavy atom. The van der Waals surface area contributed by atoms with Gasteiger partial charge in [-0.2, -0.15) is 0 Å². The number of para-hydroxylation sites is 2. The van der Waals surface area contributed by atoms with Crippen molar-refractivity contribution in [2.75, 3.05) is 11.4 Å². The van der Waals surface area contributed by atoms with Crippen molar-refractivity contribution in [1.29, 1.82) is 0 Å². The Bertz CT molecular complexity index is 1050. The number of esters is 1. The summed E-state index contributed by atoms with van der Waals surface area (Å²) in [5.41, 5.74) is 3.76. The second-order valence-electron chi connectivity index (χ2n) is 8.06. The van der Waals surface area contributed by atoms with Crippen LogP contribution >= 0.6 is 12.2 Å². The van der Waals surface area contributed by atoms with Gasteiger partial charge in [0.2, 0.25) is 0 Å². The Labute approximate surface area is 170 Å². The normalized spacial score (nSPS) is 14.2. The first-order chi connectivity index (χ1) is 13.3. The highest BCUT2D eigenvalue weighted by atomic mass is 32.1. The van der Waals surface area contributed by atoms with E-state index < -0.39 is 5.60 Å². The molecule has 144 valence electrons. The summed E-state index contributed by atoms with van der Waals surface area (Å²) in [6, 6.07) is 18.4. The van der Waals surface area contributed by atoms with E-state index in [0.29, 0.717) is 0 Å². The summed E-state index contributed by atoms with van der Waals surface area (Å²) in [5.74, 6) is -0.254. The molecule has 0 saturated carbocycles. The fourth-order valence-electron chi connectivity index (χ4n) is 3.85. The number of anilines is 1. The number of thiocarbonyl (C=S) groups is 1. The number of aromatic nitrogens is 1. The quantitative estimate of drug-likeness (QED) is 0.477. The minimum Gasteiger partial charge on any atom is -0.459 e. The topological polar surface area (TPSA) is 34.5 Å². The van der Waals surface area contributed by atoms with Crippen LogP contribution in [0.4, 0.5) is 5.69 Å². The zero-order valence-corrected chi connectivity index (χ0v) is 17.3. The first-order valence-corrected chi connectivity index (χ1v) is 9.95. The predicted octanol–water partition coefficient (Wildman–Crippen LogP) is 4.72. The van der Waals surface area contributed by atoms with E-state index in [1.807, 2.05) is 61.7 Å². The molecule has 2 aromatic carbocycles. The van der Waals surface area contributed by atoms with Gasteiger partial charge in [-0.1, -0.05) is 48.6 Å². The summed E-state index contributed by atoms with van der Waals surface area (Å²) in [6.07, 6.45) is 0.881. The van der Waals surface area contributed by atoms with Crippen molar-refractivity contribution in [3.8, 4) is 0 Å². The molecule has 0 atom stereocenters. The molecular formula is C23H24N2O2S. The van der Waals surface area contributed by atoms with Crippen LogP contribution in [-0.2, 0) is 22.5 Å². The zero-order chi connectivity index (χ0) is 19.9. The standard InChI is InChI=1S/C23H24N2O2S/c1-23(2,3)27-20(26)15-25-19-12-8-7-11-17(19)18-13-14-24(22(28)21(18)25)16-9-5-4-6-10-16/h4-12H,13-15H2,1-3H3. The van der Waals surface area contributed by atoms with E-state index in [2.05, 4.69) is 23.1 Å². The van der Waals surface area contributed by atoms with Gasteiger partial charge in [-0.05, 0) is 51.0 Å². The minimum atomic E-state index is -0.517. The second-order valence-corrected chi connectivity index (χ2v) is 8.45. The molecule has 0 unspecified atom stereocenters. The molecule has 1 aliphatic rings. The molecule has 0 aliphatic carbocycles. The summed E-state index contributed by atoms with van der Waals surface area (Å²) in [5, 5.41) is 1.16. The summed E-state index contributed by atoms with van der Waals surface area (Å²) < 4.78 is 7.61. The highest BCUT2D eigenvalue weighted by Gasteiger charge is 2.30. The maximum absolute atomic E-state index is 12.6. The van der Waals surface area contributed by atoms with Gasteiger partial charge in [0.05, 0.1) is 5.69 Å². The average Bonchev–Trinajstić information content (AvgIpc) is 2.96. The summed E-state index contributed by atoms with van der Waals surface area (Å²) in [6.45, 7) is 6.63. The van der Waals surface area contributed by atoms with Gasteiger partial charge in [0.15, 0.2) is 0 Å². The Balaban J connectivity index is 1.79. The van der Waals surface area contributed by atoms with Gasteiger partial charge in [0.1, 0.15) is 17.1 Å². The van der Waals surface area contributed by atoms with Gasteiger partial charge >= 0.3 is 5.97 Å². The Hall–Kier alpha value is -2.66. The lowest BCUT2D eigenvalue weighted by atomic mass is 10.0. The van der Waals surface area contributed by atoms with E-state index >= 15 is 0 Å². The molecule has 5 heteroatoms. The van der Waals surface area contributed by atoms with Crippen LogP contribution in [0.2, 0.25) is 0 Å². The molecule has 0 N–H and O–H groups in total. The number of ether oxygens (including phenoxy) is 1. The van der Waals surface area contributed by atoms with Crippen molar-refractivity contribution in [3.05, 3.63) is 65.9 Å². The first kappa shape index (κ1) is 18.7. The van der Waals surface area contributed by atoms with Crippen molar-refractivity contribution in [3.63, 3.8) is 0 Å². The molecular weight excluding hydrogens is 368 g/mol. The molecule has 1 aliphatic heterocycles. The van der Waals surface area contributed by atoms with E-state index in [9.17, 15) is 4.79 Å². The molecule has 4 rings (SSSR count). The van der Waals surface area contributed by atoms with E-state index in [-0.39, 0.29) is 12.5 Å². The maximum Gasteiger partial charge on any atom is 0.326 e. The van der Waals surface area contributed by atoms with Crippen molar-refractivity contribution in [2.45, 2.75) is 39.3 Å². The molecule has 3 aromatic rings. The molecule has 0 spiro atoms. The number of rotatable bonds is 3. The molecule has 0 fully saturated rings.